The molecule has 2 atom stereocenters. The van der Waals surface area contributed by atoms with Crippen LogP contribution in [0.5, 0.6) is 0 Å². The summed E-state index contributed by atoms with van der Waals surface area (Å²) in [5.41, 5.74) is 0.258. The molecule has 0 aliphatic rings. The van der Waals surface area contributed by atoms with Gasteiger partial charge in [-0.3, -0.25) is 4.79 Å². The Morgan fingerprint density at radius 1 is 0.743 bits per heavy atom. The molecule has 0 saturated heterocycles. The molecule has 0 unspecified atom stereocenters. The number of hydrogen-bond acceptors (Lipinski definition) is 6. The molecule has 0 radical (unpaired) electrons. The number of rotatable bonds is 8. The van der Waals surface area contributed by atoms with E-state index in [9.17, 15) is 24.3 Å². The minimum atomic E-state index is -2.17. The van der Waals surface area contributed by atoms with Crippen LogP contribution in [0.3, 0.4) is 0 Å². The second kappa shape index (κ2) is 11.8. The van der Waals surface area contributed by atoms with Gasteiger partial charge >= 0.3 is 17.9 Å². The fourth-order valence-electron chi connectivity index (χ4n) is 2.80. The van der Waals surface area contributed by atoms with Crippen LogP contribution in [-0.2, 0) is 19.1 Å². The summed E-state index contributed by atoms with van der Waals surface area (Å²) in [7, 11) is 0. The number of esters is 2. The first-order valence-electron chi connectivity index (χ1n) is 9.87. The van der Waals surface area contributed by atoms with Crippen molar-refractivity contribution < 1.29 is 33.8 Å². The number of nitrogens with one attached hydrogen (secondary N) is 1. The summed E-state index contributed by atoms with van der Waals surface area (Å²) in [5.74, 6) is -4.82. The SMILES string of the molecule is O=C(O[C@@H](C(=O)O)[C@@H](OC(=O)c1ccc(Cl)cc1)C(=O)Nc1ccccc1Br)c1ccc(Cl)cc1. The number of halogens is 3. The molecule has 0 fully saturated rings. The fourth-order valence-corrected chi connectivity index (χ4v) is 3.44. The molecule has 35 heavy (non-hydrogen) atoms. The van der Waals surface area contributed by atoms with Gasteiger partial charge in [0.1, 0.15) is 0 Å². The number of anilines is 1. The number of carboxylic acid groups (broad SMARTS) is 1. The van der Waals surface area contributed by atoms with Crippen LogP contribution >= 0.6 is 39.1 Å². The Balaban J connectivity index is 1.91. The highest BCUT2D eigenvalue weighted by molar-refractivity contribution is 9.10. The van der Waals surface area contributed by atoms with Gasteiger partial charge in [-0.2, -0.15) is 0 Å². The van der Waals surface area contributed by atoms with Crippen molar-refractivity contribution >= 4 is 68.6 Å². The van der Waals surface area contributed by atoms with Crippen molar-refractivity contribution in [2.75, 3.05) is 5.32 Å². The van der Waals surface area contributed by atoms with E-state index in [0.717, 1.165) is 0 Å². The lowest BCUT2D eigenvalue weighted by Gasteiger charge is -2.24. The van der Waals surface area contributed by atoms with Crippen LogP contribution in [0.15, 0.2) is 77.3 Å². The molecule has 3 aromatic rings. The number of carboxylic acids is 1. The average Bonchev–Trinajstić information content (AvgIpc) is 2.83. The van der Waals surface area contributed by atoms with Crippen LogP contribution in [0.1, 0.15) is 20.7 Å². The van der Waals surface area contributed by atoms with Gasteiger partial charge in [0.2, 0.25) is 12.2 Å². The van der Waals surface area contributed by atoms with Gasteiger partial charge in [0.25, 0.3) is 5.91 Å². The second-order valence-electron chi connectivity index (χ2n) is 6.97. The maximum Gasteiger partial charge on any atom is 0.349 e. The Morgan fingerprint density at radius 3 is 1.66 bits per heavy atom. The Kier molecular flexibility index (Phi) is 8.86. The van der Waals surface area contributed by atoms with Crippen LogP contribution in [0, 0.1) is 0 Å². The molecule has 0 bridgehead atoms. The van der Waals surface area contributed by atoms with Crippen LogP contribution in [-0.4, -0.2) is 41.1 Å². The van der Waals surface area contributed by atoms with Crippen molar-refractivity contribution in [1.82, 2.24) is 0 Å². The molecule has 11 heteroatoms. The standard InChI is InChI=1S/C24H16BrCl2NO7/c25-17-3-1-2-4-18(17)28-21(29)19(34-23(32)13-5-9-15(26)10-6-13)20(22(30)31)35-24(33)14-7-11-16(27)12-8-14/h1-12,19-20H,(H,28,29)(H,30,31)/t19-,20-/m1/s1. The molecule has 0 aliphatic carbocycles. The minimum Gasteiger partial charge on any atom is -0.478 e. The molecule has 0 aromatic heterocycles. The van der Waals surface area contributed by atoms with Gasteiger partial charge in [-0.05, 0) is 76.6 Å². The first kappa shape index (κ1) is 26.2. The second-order valence-corrected chi connectivity index (χ2v) is 8.70. The number of benzene rings is 3. The Bertz CT molecular complexity index is 1250. The third-order valence-electron chi connectivity index (χ3n) is 4.54. The summed E-state index contributed by atoms with van der Waals surface area (Å²) < 4.78 is 10.8. The molecule has 0 aliphatic heterocycles. The molecule has 1 amide bonds. The van der Waals surface area contributed by atoms with Gasteiger partial charge in [-0.25, -0.2) is 14.4 Å². The van der Waals surface area contributed by atoms with E-state index in [1.54, 1.807) is 18.2 Å². The summed E-state index contributed by atoms with van der Waals surface area (Å²) >= 11 is 14.9. The van der Waals surface area contributed by atoms with E-state index < -0.39 is 36.0 Å². The summed E-state index contributed by atoms with van der Waals surface area (Å²) in [6.07, 6.45) is -4.21. The monoisotopic (exact) mass is 579 g/mol. The zero-order valence-corrected chi connectivity index (χ0v) is 20.7. The predicted molar refractivity (Wildman–Crippen MR) is 132 cm³/mol. The van der Waals surface area contributed by atoms with Gasteiger partial charge in [0, 0.05) is 14.5 Å². The molecule has 0 spiro atoms. The van der Waals surface area contributed by atoms with E-state index in [2.05, 4.69) is 21.2 Å². The maximum atomic E-state index is 13.1. The van der Waals surface area contributed by atoms with E-state index in [4.69, 9.17) is 32.7 Å². The van der Waals surface area contributed by atoms with Crippen molar-refractivity contribution in [1.29, 1.82) is 0 Å². The van der Waals surface area contributed by atoms with Gasteiger partial charge in [0.05, 0.1) is 16.8 Å². The predicted octanol–water partition coefficient (Wildman–Crippen LogP) is 5.23. The van der Waals surface area contributed by atoms with E-state index in [-0.39, 0.29) is 16.8 Å². The Labute approximate surface area is 217 Å². The zero-order chi connectivity index (χ0) is 25.5. The maximum absolute atomic E-state index is 13.1. The van der Waals surface area contributed by atoms with E-state index >= 15 is 0 Å². The topological polar surface area (TPSA) is 119 Å². The number of carbonyl (C=O) groups excluding carboxylic acids is 3. The number of ether oxygens (including phenoxy) is 2. The lowest BCUT2D eigenvalue weighted by Crippen LogP contribution is -2.48. The summed E-state index contributed by atoms with van der Waals surface area (Å²) in [6, 6.07) is 17.5. The lowest BCUT2D eigenvalue weighted by atomic mass is 10.1. The normalized spacial score (nSPS) is 12.2. The third-order valence-corrected chi connectivity index (χ3v) is 5.73. The number of para-hydroxylation sites is 1. The number of amides is 1. The fraction of sp³-hybridized carbons (Fsp3) is 0.0833. The molecule has 3 rings (SSSR count). The summed E-state index contributed by atoms with van der Waals surface area (Å²) in [5, 5.41) is 13.0. The highest BCUT2D eigenvalue weighted by atomic mass is 79.9. The highest BCUT2D eigenvalue weighted by Crippen LogP contribution is 2.23. The molecule has 180 valence electrons. The van der Waals surface area contributed by atoms with Crippen molar-refractivity contribution in [3.8, 4) is 0 Å². The number of aliphatic carboxylic acids is 1. The van der Waals surface area contributed by atoms with Crippen molar-refractivity contribution in [2.45, 2.75) is 12.2 Å². The van der Waals surface area contributed by atoms with Crippen molar-refractivity contribution in [3.63, 3.8) is 0 Å². The van der Waals surface area contributed by atoms with Crippen LogP contribution in [0.4, 0.5) is 5.69 Å². The molecular weight excluding hydrogens is 565 g/mol. The minimum absolute atomic E-state index is 0.00117. The van der Waals surface area contributed by atoms with Gasteiger partial charge in [0.15, 0.2) is 0 Å². The van der Waals surface area contributed by atoms with Crippen molar-refractivity contribution in [3.05, 3.63) is 98.4 Å². The van der Waals surface area contributed by atoms with Gasteiger partial charge in [-0.1, -0.05) is 35.3 Å². The van der Waals surface area contributed by atoms with Crippen molar-refractivity contribution in [2.24, 2.45) is 0 Å². The zero-order valence-electron chi connectivity index (χ0n) is 17.6. The van der Waals surface area contributed by atoms with E-state index in [1.807, 2.05) is 0 Å². The largest absolute Gasteiger partial charge is 0.478 e. The van der Waals surface area contributed by atoms with Gasteiger partial charge in [-0.15, -0.1) is 0 Å². The number of carbonyl (C=O) groups is 4. The molecule has 0 saturated carbocycles. The first-order chi connectivity index (χ1) is 16.7. The van der Waals surface area contributed by atoms with Crippen LogP contribution in [0.2, 0.25) is 10.0 Å². The highest BCUT2D eigenvalue weighted by Gasteiger charge is 2.41. The third kappa shape index (κ3) is 7.05. The van der Waals surface area contributed by atoms with Crippen LogP contribution in [0.25, 0.3) is 0 Å². The van der Waals surface area contributed by atoms with Gasteiger partial charge < -0.3 is 19.9 Å². The van der Waals surface area contributed by atoms with Crippen LogP contribution < -0.4 is 5.32 Å². The molecule has 3 aromatic carbocycles. The summed E-state index contributed by atoms with van der Waals surface area (Å²) in [6.45, 7) is 0. The Hall–Kier alpha value is -3.40. The first-order valence-corrected chi connectivity index (χ1v) is 11.4. The number of hydrogen-bond donors (Lipinski definition) is 2. The molecule has 0 heterocycles. The van der Waals surface area contributed by atoms with E-state index in [0.29, 0.717) is 14.5 Å². The lowest BCUT2D eigenvalue weighted by molar-refractivity contribution is -0.157. The van der Waals surface area contributed by atoms with E-state index in [1.165, 1.54) is 54.6 Å². The average molecular weight is 581 g/mol. The summed E-state index contributed by atoms with van der Waals surface area (Å²) in [4.78, 5) is 50.4. The smallest absolute Gasteiger partial charge is 0.349 e. The molecule has 8 nitrogen and oxygen atoms in total. The quantitative estimate of drug-likeness (QED) is 0.350. The molecular formula is C24H16BrCl2NO7. The Morgan fingerprint density at radius 2 is 1.20 bits per heavy atom. The molecule has 2 N–H and O–H groups in total.